The number of hydrogen-bond acceptors (Lipinski definition) is 7. The summed E-state index contributed by atoms with van der Waals surface area (Å²) in [6.07, 6.45) is 5.14. The highest BCUT2D eigenvalue weighted by Gasteiger charge is 2.22. The van der Waals surface area contributed by atoms with Gasteiger partial charge in [0.15, 0.2) is 5.01 Å². The predicted octanol–water partition coefficient (Wildman–Crippen LogP) is 2.48. The molecule has 0 unspecified atom stereocenters. The van der Waals surface area contributed by atoms with Crippen molar-refractivity contribution in [2.45, 2.75) is 19.4 Å². The molecule has 3 heterocycles. The van der Waals surface area contributed by atoms with Crippen LogP contribution in [0.3, 0.4) is 0 Å². The number of fused-ring (bicyclic) bond motifs is 1. The SMILES string of the molecule is COc1ccc(CNC(=O)c2nc3c(s2)CCN(c2ncccn2)CC3)cc1. The minimum Gasteiger partial charge on any atom is -0.497 e. The van der Waals surface area contributed by atoms with Crippen molar-refractivity contribution in [1.82, 2.24) is 20.3 Å². The third kappa shape index (κ3) is 4.12. The normalized spacial score (nSPS) is 13.5. The lowest BCUT2D eigenvalue weighted by atomic mass is 10.2. The molecule has 1 aliphatic rings. The van der Waals surface area contributed by atoms with Crippen LogP contribution in [0.5, 0.6) is 5.75 Å². The summed E-state index contributed by atoms with van der Waals surface area (Å²) in [5.74, 6) is 1.42. The molecule has 144 valence electrons. The van der Waals surface area contributed by atoms with Gasteiger partial charge in [0.25, 0.3) is 5.91 Å². The number of rotatable bonds is 5. The average molecular weight is 395 g/mol. The summed E-state index contributed by atoms with van der Waals surface area (Å²) in [4.78, 5) is 29.1. The van der Waals surface area contributed by atoms with Crippen LogP contribution in [0, 0.1) is 0 Å². The van der Waals surface area contributed by atoms with Crippen molar-refractivity contribution in [2.24, 2.45) is 0 Å². The Kier molecular flexibility index (Phi) is 5.48. The van der Waals surface area contributed by atoms with E-state index in [1.165, 1.54) is 16.2 Å². The van der Waals surface area contributed by atoms with Crippen molar-refractivity contribution < 1.29 is 9.53 Å². The monoisotopic (exact) mass is 395 g/mol. The Hall–Kier alpha value is -3.00. The van der Waals surface area contributed by atoms with Crippen LogP contribution in [0.2, 0.25) is 0 Å². The number of nitrogens with one attached hydrogen (secondary N) is 1. The standard InChI is InChI=1S/C20H21N5O2S/c1-27-15-5-3-14(4-6-15)13-23-18(26)19-24-16-7-11-25(12-8-17(16)28-19)20-21-9-2-10-22-20/h2-6,9-10H,7-8,11-13H2,1H3,(H,23,26). The van der Waals surface area contributed by atoms with Crippen molar-refractivity contribution in [3.05, 3.63) is 63.9 Å². The number of carbonyl (C=O) groups excluding carboxylic acids is 1. The second-order valence-electron chi connectivity index (χ2n) is 6.46. The molecule has 3 aromatic rings. The van der Waals surface area contributed by atoms with Crippen LogP contribution in [0.25, 0.3) is 0 Å². The highest BCUT2D eigenvalue weighted by Crippen LogP contribution is 2.24. The van der Waals surface area contributed by atoms with Crippen molar-refractivity contribution in [2.75, 3.05) is 25.1 Å². The van der Waals surface area contributed by atoms with E-state index < -0.39 is 0 Å². The molecule has 1 amide bonds. The van der Waals surface area contributed by atoms with Gasteiger partial charge in [-0.3, -0.25) is 4.79 Å². The van der Waals surface area contributed by atoms with Crippen LogP contribution in [0.15, 0.2) is 42.7 Å². The maximum atomic E-state index is 12.5. The number of ether oxygens (including phenoxy) is 1. The lowest BCUT2D eigenvalue weighted by Gasteiger charge is -2.19. The smallest absolute Gasteiger partial charge is 0.280 e. The first-order valence-electron chi connectivity index (χ1n) is 9.14. The highest BCUT2D eigenvalue weighted by molar-refractivity contribution is 7.13. The molecule has 0 aliphatic carbocycles. The molecule has 0 atom stereocenters. The second-order valence-corrected chi connectivity index (χ2v) is 7.54. The van der Waals surface area contributed by atoms with Crippen LogP contribution in [0.4, 0.5) is 5.95 Å². The quantitative estimate of drug-likeness (QED) is 0.715. The van der Waals surface area contributed by atoms with E-state index in [2.05, 4.69) is 25.2 Å². The van der Waals surface area contributed by atoms with E-state index in [0.717, 1.165) is 48.9 Å². The Morgan fingerprint density at radius 3 is 2.68 bits per heavy atom. The van der Waals surface area contributed by atoms with Crippen LogP contribution in [-0.2, 0) is 19.4 Å². The number of amides is 1. The van der Waals surface area contributed by atoms with E-state index >= 15 is 0 Å². The molecule has 2 aromatic heterocycles. The maximum absolute atomic E-state index is 12.5. The first-order chi connectivity index (χ1) is 13.7. The molecule has 28 heavy (non-hydrogen) atoms. The Morgan fingerprint density at radius 1 is 1.18 bits per heavy atom. The number of methoxy groups -OCH3 is 1. The minimum absolute atomic E-state index is 0.128. The van der Waals surface area contributed by atoms with Crippen LogP contribution >= 0.6 is 11.3 Å². The third-order valence-corrected chi connectivity index (χ3v) is 5.80. The van der Waals surface area contributed by atoms with Crippen molar-refractivity contribution in [3.8, 4) is 5.75 Å². The molecule has 0 spiro atoms. The molecular formula is C20H21N5O2S. The van der Waals surface area contributed by atoms with Gasteiger partial charge in [-0.2, -0.15) is 0 Å². The summed E-state index contributed by atoms with van der Waals surface area (Å²) >= 11 is 1.48. The van der Waals surface area contributed by atoms with E-state index in [-0.39, 0.29) is 5.91 Å². The van der Waals surface area contributed by atoms with Gasteiger partial charge in [-0.25, -0.2) is 15.0 Å². The van der Waals surface area contributed by atoms with Crippen LogP contribution in [-0.4, -0.2) is 41.1 Å². The largest absolute Gasteiger partial charge is 0.497 e. The fourth-order valence-corrected chi connectivity index (χ4v) is 4.13. The van der Waals surface area contributed by atoms with Gasteiger partial charge in [-0.1, -0.05) is 12.1 Å². The molecule has 0 fully saturated rings. The van der Waals surface area contributed by atoms with E-state index in [9.17, 15) is 4.79 Å². The number of aromatic nitrogens is 3. The molecule has 4 rings (SSSR count). The number of anilines is 1. The first kappa shape index (κ1) is 18.4. The third-order valence-electron chi connectivity index (χ3n) is 4.65. The Labute approximate surface area is 167 Å². The topological polar surface area (TPSA) is 80.2 Å². The maximum Gasteiger partial charge on any atom is 0.280 e. The zero-order chi connectivity index (χ0) is 19.3. The summed E-state index contributed by atoms with van der Waals surface area (Å²) in [6.45, 7) is 2.09. The second kappa shape index (κ2) is 8.35. The molecular weight excluding hydrogens is 374 g/mol. The molecule has 1 aromatic carbocycles. The number of carbonyl (C=O) groups is 1. The summed E-state index contributed by atoms with van der Waals surface area (Å²) in [5, 5.41) is 3.48. The van der Waals surface area contributed by atoms with Crippen LogP contribution in [0.1, 0.15) is 25.9 Å². The van der Waals surface area contributed by atoms with E-state index in [0.29, 0.717) is 11.6 Å². The summed E-state index contributed by atoms with van der Waals surface area (Å²) in [7, 11) is 1.63. The Bertz CT molecular complexity index is 917. The summed E-state index contributed by atoms with van der Waals surface area (Å²) in [5.41, 5.74) is 2.03. The van der Waals surface area contributed by atoms with E-state index in [4.69, 9.17) is 4.74 Å². The molecule has 1 aliphatic heterocycles. The van der Waals surface area contributed by atoms with Gasteiger partial charge < -0.3 is 15.0 Å². The fourth-order valence-electron chi connectivity index (χ4n) is 3.12. The van der Waals surface area contributed by atoms with Crippen molar-refractivity contribution in [3.63, 3.8) is 0 Å². The lowest BCUT2D eigenvalue weighted by molar-refractivity contribution is 0.0950. The molecule has 0 saturated carbocycles. The summed E-state index contributed by atoms with van der Waals surface area (Å²) in [6, 6.07) is 9.47. The van der Waals surface area contributed by atoms with Gasteiger partial charge in [0.1, 0.15) is 5.75 Å². The number of hydrogen-bond donors (Lipinski definition) is 1. The zero-order valence-corrected chi connectivity index (χ0v) is 16.4. The predicted molar refractivity (Wildman–Crippen MR) is 108 cm³/mol. The minimum atomic E-state index is -0.128. The van der Waals surface area contributed by atoms with E-state index in [1.54, 1.807) is 19.5 Å². The van der Waals surface area contributed by atoms with Gasteiger partial charge in [0.2, 0.25) is 5.95 Å². The van der Waals surface area contributed by atoms with Crippen LogP contribution < -0.4 is 15.0 Å². The van der Waals surface area contributed by atoms with Gasteiger partial charge >= 0.3 is 0 Å². The highest BCUT2D eigenvalue weighted by atomic mass is 32.1. The molecule has 1 N–H and O–H groups in total. The molecule has 0 bridgehead atoms. The molecule has 7 nitrogen and oxygen atoms in total. The van der Waals surface area contributed by atoms with Gasteiger partial charge in [-0.15, -0.1) is 11.3 Å². The van der Waals surface area contributed by atoms with E-state index in [1.807, 2.05) is 30.3 Å². The van der Waals surface area contributed by atoms with Crippen molar-refractivity contribution in [1.29, 1.82) is 0 Å². The zero-order valence-electron chi connectivity index (χ0n) is 15.6. The fraction of sp³-hybridized carbons (Fsp3) is 0.300. The number of nitrogens with zero attached hydrogens (tertiary/aromatic N) is 4. The van der Waals surface area contributed by atoms with Gasteiger partial charge in [-0.05, 0) is 23.8 Å². The molecule has 0 saturated heterocycles. The van der Waals surface area contributed by atoms with Gasteiger partial charge in [0, 0.05) is 49.7 Å². The molecule has 0 radical (unpaired) electrons. The Morgan fingerprint density at radius 2 is 1.93 bits per heavy atom. The Balaban J connectivity index is 1.37. The van der Waals surface area contributed by atoms with Crippen molar-refractivity contribution >= 4 is 23.2 Å². The number of thiazole rings is 1. The average Bonchev–Trinajstić information content (AvgIpc) is 3.06. The van der Waals surface area contributed by atoms with Gasteiger partial charge in [0.05, 0.1) is 12.8 Å². The molecule has 8 heteroatoms. The lowest BCUT2D eigenvalue weighted by Crippen LogP contribution is -2.28. The first-order valence-corrected chi connectivity index (χ1v) is 9.96. The number of benzene rings is 1. The summed E-state index contributed by atoms with van der Waals surface area (Å²) < 4.78 is 5.15.